The van der Waals surface area contributed by atoms with Crippen LogP contribution < -0.4 is 11.3 Å². The van der Waals surface area contributed by atoms with Crippen molar-refractivity contribution in [3.63, 3.8) is 0 Å². The summed E-state index contributed by atoms with van der Waals surface area (Å²) in [4.78, 5) is 0. The molecule has 2 nitrogen and oxygen atoms in total. The van der Waals surface area contributed by atoms with Gasteiger partial charge in [-0.3, -0.25) is 11.3 Å². The fraction of sp³-hybridized carbons (Fsp3) is 1.00. The van der Waals surface area contributed by atoms with Crippen LogP contribution in [0.5, 0.6) is 0 Å². The quantitative estimate of drug-likeness (QED) is 0.507. The van der Waals surface area contributed by atoms with E-state index in [0.717, 1.165) is 24.3 Å². The zero-order valence-corrected chi connectivity index (χ0v) is 8.47. The second kappa shape index (κ2) is 4.43. The molecule has 2 rings (SSSR count). The first kappa shape index (κ1) is 9.47. The largest absolute Gasteiger partial charge is 0.271 e. The van der Waals surface area contributed by atoms with Gasteiger partial charge in [-0.1, -0.05) is 25.7 Å². The highest BCUT2D eigenvalue weighted by Gasteiger charge is 2.31. The van der Waals surface area contributed by atoms with Crippen molar-refractivity contribution in [3.8, 4) is 0 Å². The van der Waals surface area contributed by atoms with Gasteiger partial charge in [-0.25, -0.2) is 0 Å². The molecule has 2 saturated carbocycles. The van der Waals surface area contributed by atoms with Crippen molar-refractivity contribution in [3.05, 3.63) is 0 Å². The summed E-state index contributed by atoms with van der Waals surface area (Å²) in [6, 6.07) is 0. The fourth-order valence-electron chi connectivity index (χ4n) is 3.32. The number of nitrogens with two attached hydrogens (primary N) is 1. The predicted molar refractivity (Wildman–Crippen MR) is 55.0 cm³/mol. The van der Waals surface area contributed by atoms with Crippen molar-refractivity contribution >= 4 is 0 Å². The number of rotatable bonds is 2. The van der Waals surface area contributed by atoms with Crippen LogP contribution in [0, 0.1) is 17.8 Å². The summed E-state index contributed by atoms with van der Waals surface area (Å²) in [5.41, 5.74) is 2.83. The Hall–Kier alpha value is -0.0800. The van der Waals surface area contributed by atoms with Crippen molar-refractivity contribution in [1.82, 2.24) is 5.43 Å². The van der Waals surface area contributed by atoms with Crippen molar-refractivity contribution in [2.24, 2.45) is 23.6 Å². The highest BCUT2D eigenvalue weighted by atomic mass is 15.2. The van der Waals surface area contributed by atoms with Gasteiger partial charge in [0.2, 0.25) is 0 Å². The lowest BCUT2D eigenvalue weighted by Crippen LogP contribution is -2.35. The normalized spacial score (nSPS) is 39.9. The molecule has 0 saturated heterocycles. The van der Waals surface area contributed by atoms with Gasteiger partial charge in [0.15, 0.2) is 0 Å². The Labute approximate surface area is 81.2 Å². The molecule has 0 aromatic rings. The summed E-state index contributed by atoms with van der Waals surface area (Å²) in [6.07, 6.45) is 10.3. The average Bonchev–Trinajstić information content (AvgIpc) is 2.18. The first-order chi connectivity index (χ1) is 6.40. The van der Waals surface area contributed by atoms with Crippen molar-refractivity contribution in [1.29, 1.82) is 0 Å². The van der Waals surface area contributed by atoms with Crippen LogP contribution in [-0.4, -0.2) is 6.54 Å². The second-order valence-corrected chi connectivity index (χ2v) is 4.89. The van der Waals surface area contributed by atoms with Gasteiger partial charge in [-0.15, -0.1) is 0 Å². The monoisotopic (exact) mass is 182 g/mol. The second-order valence-electron chi connectivity index (χ2n) is 4.89. The zero-order valence-electron chi connectivity index (χ0n) is 8.47. The summed E-state index contributed by atoms with van der Waals surface area (Å²) in [5.74, 6) is 8.36. The lowest BCUT2D eigenvalue weighted by molar-refractivity contribution is 0.129. The van der Waals surface area contributed by atoms with Gasteiger partial charge in [-0.2, -0.15) is 0 Å². The smallest absolute Gasteiger partial charge is 0.0126 e. The molecule has 0 spiro atoms. The molecule has 3 N–H and O–H groups in total. The number of fused-ring (bicyclic) bond motifs is 1. The predicted octanol–water partition coefficient (Wildman–Crippen LogP) is 2.06. The highest BCUT2D eigenvalue weighted by Crippen LogP contribution is 2.42. The molecule has 2 aliphatic rings. The summed E-state index contributed by atoms with van der Waals surface area (Å²) >= 11 is 0. The Morgan fingerprint density at radius 1 is 1.00 bits per heavy atom. The molecule has 3 atom stereocenters. The minimum Gasteiger partial charge on any atom is -0.271 e. The van der Waals surface area contributed by atoms with Gasteiger partial charge in [0.05, 0.1) is 0 Å². The molecule has 2 fully saturated rings. The minimum atomic E-state index is 0.865. The van der Waals surface area contributed by atoms with Gasteiger partial charge in [0, 0.05) is 6.54 Å². The summed E-state index contributed by atoms with van der Waals surface area (Å²) in [5, 5.41) is 0. The Morgan fingerprint density at radius 3 is 2.54 bits per heavy atom. The lowest BCUT2D eigenvalue weighted by atomic mass is 9.67. The molecule has 0 radical (unpaired) electrons. The molecule has 0 amide bonds. The zero-order chi connectivity index (χ0) is 9.10. The molecular weight excluding hydrogens is 160 g/mol. The van der Waals surface area contributed by atoms with Crippen LogP contribution in [0.1, 0.15) is 44.9 Å². The standard InChI is InChI=1S/C11H22N2/c12-13-8-9-5-6-10-3-1-2-4-11(10)7-9/h9-11,13H,1-8,12H2. The van der Waals surface area contributed by atoms with Crippen LogP contribution in [0.15, 0.2) is 0 Å². The Kier molecular flexibility index (Phi) is 3.23. The topological polar surface area (TPSA) is 38.0 Å². The Balaban J connectivity index is 1.84. The first-order valence-electron chi connectivity index (χ1n) is 5.83. The van der Waals surface area contributed by atoms with Gasteiger partial charge >= 0.3 is 0 Å². The third-order valence-corrected chi connectivity index (χ3v) is 4.05. The van der Waals surface area contributed by atoms with Crippen molar-refractivity contribution in [2.45, 2.75) is 44.9 Å². The molecule has 0 aromatic heterocycles. The Bertz CT molecular complexity index is 158. The van der Waals surface area contributed by atoms with Crippen LogP contribution in [0.2, 0.25) is 0 Å². The molecule has 3 unspecified atom stereocenters. The van der Waals surface area contributed by atoms with Gasteiger partial charge < -0.3 is 0 Å². The van der Waals surface area contributed by atoms with Crippen molar-refractivity contribution < 1.29 is 0 Å². The molecule has 0 heterocycles. The number of hydrazine groups is 1. The van der Waals surface area contributed by atoms with Gasteiger partial charge in [0.1, 0.15) is 0 Å². The van der Waals surface area contributed by atoms with E-state index in [9.17, 15) is 0 Å². The van der Waals surface area contributed by atoms with E-state index in [2.05, 4.69) is 5.43 Å². The van der Waals surface area contributed by atoms with Gasteiger partial charge in [-0.05, 0) is 37.0 Å². The molecule has 13 heavy (non-hydrogen) atoms. The number of hydrogen-bond donors (Lipinski definition) is 2. The Morgan fingerprint density at radius 2 is 1.77 bits per heavy atom. The first-order valence-corrected chi connectivity index (χ1v) is 5.83. The van der Waals surface area contributed by atoms with Gasteiger partial charge in [0.25, 0.3) is 0 Å². The van der Waals surface area contributed by atoms with E-state index in [1.807, 2.05) is 0 Å². The average molecular weight is 182 g/mol. The fourth-order valence-corrected chi connectivity index (χ4v) is 3.32. The van der Waals surface area contributed by atoms with E-state index >= 15 is 0 Å². The van der Waals surface area contributed by atoms with E-state index in [0.29, 0.717) is 0 Å². The molecular formula is C11H22N2. The molecule has 76 valence electrons. The lowest BCUT2D eigenvalue weighted by Gasteiger charge is -2.39. The van der Waals surface area contributed by atoms with Crippen LogP contribution in [0.4, 0.5) is 0 Å². The third-order valence-electron chi connectivity index (χ3n) is 4.05. The molecule has 0 aromatic carbocycles. The number of nitrogens with one attached hydrogen (secondary N) is 1. The van der Waals surface area contributed by atoms with Crippen LogP contribution in [-0.2, 0) is 0 Å². The van der Waals surface area contributed by atoms with E-state index in [4.69, 9.17) is 5.84 Å². The van der Waals surface area contributed by atoms with Crippen LogP contribution in [0.25, 0.3) is 0 Å². The van der Waals surface area contributed by atoms with E-state index in [1.165, 1.54) is 44.9 Å². The molecule has 0 aliphatic heterocycles. The molecule has 2 heteroatoms. The summed E-state index contributed by atoms with van der Waals surface area (Å²) in [6.45, 7) is 1.03. The van der Waals surface area contributed by atoms with E-state index < -0.39 is 0 Å². The highest BCUT2D eigenvalue weighted by molar-refractivity contribution is 4.83. The molecule has 2 aliphatic carbocycles. The third kappa shape index (κ3) is 2.23. The maximum Gasteiger partial charge on any atom is 0.0126 e. The maximum absolute atomic E-state index is 5.38. The van der Waals surface area contributed by atoms with Crippen LogP contribution >= 0.6 is 0 Å². The molecule has 0 bridgehead atoms. The van der Waals surface area contributed by atoms with E-state index in [-0.39, 0.29) is 0 Å². The van der Waals surface area contributed by atoms with E-state index in [1.54, 1.807) is 0 Å². The SMILES string of the molecule is NNCC1CCC2CCCCC2C1. The van der Waals surface area contributed by atoms with Crippen molar-refractivity contribution in [2.75, 3.05) is 6.54 Å². The summed E-state index contributed by atoms with van der Waals surface area (Å²) in [7, 11) is 0. The van der Waals surface area contributed by atoms with Crippen LogP contribution in [0.3, 0.4) is 0 Å². The minimum absolute atomic E-state index is 0.865. The summed E-state index contributed by atoms with van der Waals surface area (Å²) < 4.78 is 0. The number of hydrogen-bond acceptors (Lipinski definition) is 2. The maximum atomic E-state index is 5.38.